The van der Waals surface area contributed by atoms with E-state index in [2.05, 4.69) is 20.0 Å². The van der Waals surface area contributed by atoms with E-state index in [-0.39, 0.29) is 25.5 Å². The van der Waals surface area contributed by atoms with Gasteiger partial charge in [-0.3, -0.25) is 0 Å². The molecule has 0 aromatic rings. The van der Waals surface area contributed by atoms with Gasteiger partial charge in [0.25, 0.3) is 0 Å². The third-order valence-corrected chi connectivity index (χ3v) is 6.48. The number of ether oxygens (including phenoxy) is 1. The van der Waals surface area contributed by atoms with E-state index in [0.29, 0.717) is 6.54 Å². The van der Waals surface area contributed by atoms with Crippen molar-refractivity contribution < 1.29 is 28.3 Å². The van der Waals surface area contributed by atoms with Crippen LogP contribution in [0.4, 0.5) is 0 Å². The van der Waals surface area contributed by atoms with Gasteiger partial charge in [0.2, 0.25) is 0 Å². The zero-order chi connectivity index (χ0) is 19.2. The molecule has 1 amide bonds. The minimum absolute atomic E-state index is 0.0850. The van der Waals surface area contributed by atoms with Gasteiger partial charge < -0.3 is 0 Å². The molecule has 9 nitrogen and oxygen atoms in total. The molecule has 0 saturated carbocycles. The summed E-state index contributed by atoms with van der Waals surface area (Å²) in [6.07, 6.45) is 1.64. The molecule has 0 aromatic heterocycles. The third kappa shape index (κ3) is 6.11. The number of carbonyl (C=O) groups excluding carboxylic acids is 2. The molecule has 2 heterocycles. The van der Waals surface area contributed by atoms with Gasteiger partial charge in [0.1, 0.15) is 0 Å². The number of carbonyl (C=O) groups is 2. The van der Waals surface area contributed by atoms with Crippen molar-refractivity contribution in [2.45, 2.75) is 39.2 Å². The van der Waals surface area contributed by atoms with Gasteiger partial charge in [0, 0.05) is 0 Å². The first-order valence-electron chi connectivity index (χ1n) is 9.12. The Balaban J connectivity index is 1.85. The molecular weight excluding hydrogens is 361 g/mol. The maximum atomic E-state index is 12.5. The van der Waals surface area contributed by atoms with Crippen molar-refractivity contribution in [1.82, 2.24) is 15.3 Å². The van der Waals surface area contributed by atoms with Gasteiger partial charge in [0.05, 0.1) is 0 Å². The average Bonchev–Trinajstić information content (AvgIpc) is 3.10. The van der Waals surface area contributed by atoms with Crippen molar-refractivity contribution in [3.8, 4) is 0 Å². The second-order valence-electron chi connectivity index (χ2n) is 7.45. The fourth-order valence-electron chi connectivity index (χ4n) is 3.07. The van der Waals surface area contributed by atoms with E-state index < -0.39 is 25.6 Å². The standard InChI is InChI=1S/C16H32N3O6P/c1-16(2)12-24-26(22,18-8-11-19-9-4-5-10-19)25-14(16)15(21)17-7-6-13(20)23-3/h14,18,22,26H,4-12H2,1-3H3,(H,17,21)/t14-/m0/s1. The fraction of sp³-hybridized carbons (Fsp3) is 0.875. The van der Waals surface area contributed by atoms with Crippen LogP contribution in [0.15, 0.2) is 0 Å². The van der Waals surface area contributed by atoms with Gasteiger partial charge in [0.15, 0.2) is 0 Å². The quantitative estimate of drug-likeness (QED) is 0.396. The molecule has 26 heavy (non-hydrogen) atoms. The van der Waals surface area contributed by atoms with Gasteiger partial charge in [-0.1, -0.05) is 0 Å². The summed E-state index contributed by atoms with van der Waals surface area (Å²) in [5.41, 5.74) is -0.592. The number of rotatable bonds is 8. The number of hydrogen-bond acceptors (Lipinski definition) is 8. The molecule has 2 saturated heterocycles. The number of nitrogens with one attached hydrogen (secondary N) is 2. The molecule has 0 radical (unpaired) electrons. The first-order valence-corrected chi connectivity index (χ1v) is 10.9. The molecule has 0 spiro atoms. The van der Waals surface area contributed by atoms with E-state index in [1.807, 2.05) is 13.8 Å². The molecule has 152 valence electrons. The topological polar surface area (TPSA) is 109 Å². The van der Waals surface area contributed by atoms with Crippen molar-refractivity contribution in [2.75, 3.05) is 46.4 Å². The second kappa shape index (κ2) is 9.39. The number of nitrogens with zero attached hydrogens (tertiary/aromatic N) is 1. The van der Waals surface area contributed by atoms with Crippen molar-refractivity contribution >= 4 is 20.0 Å². The summed E-state index contributed by atoms with van der Waals surface area (Å²) in [5, 5.41) is 5.65. The summed E-state index contributed by atoms with van der Waals surface area (Å²) in [5.74, 6) is -0.763. The summed E-state index contributed by atoms with van der Waals surface area (Å²) < 4.78 is 15.8. The van der Waals surface area contributed by atoms with Crippen LogP contribution in [0.5, 0.6) is 0 Å². The number of methoxy groups -OCH3 is 1. The average molecular weight is 393 g/mol. The van der Waals surface area contributed by atoms with Gasteiger partial charge >= 0.3 is 155 Å². The number of likely N-dealkylation sites (tertiary alicyclic amines) is 1. The van der Waals surface area contributed by atoms with Crippen molar-refractivity contribution in [2.24, 2.45) is 5.41 Å². The summed E-state index contributed by atoms with van der Waals surface area (Å²) in [6, 6.07) is 0. The van der Waals surface area contributed by atoms with E-state index in [4.69, 9.17) is 9.05 Å². The van der Waals surface area contributed by atoms with E-state index >= 15 is 0 Å². The Kier molecular flexibility index (Phi) is 7.76. The Morgan fingerprint density at radius 1 is 1.31 bits per heavy atom. The molecule has 2 aliphatic heterocycles. The molecule has 10 heteroatoms. The zero-order valence-electron chi connectivity index (χ0n) is 15.9. The Hall–Kier alpha value is -0.830. The SMILES string of the molecule is COC(=O)CCNC(=O)[C@@H]1O[PH](O)(NCCN2CCCC2)OCC1(C)C. The summed E-state index contributed by atoms with van der Waals surface area (Å²) in [7, 11) is -2.32. The van der Waals surface area contributed by atoms with Crippen molar-refractivity contribution in [3.05, 3.63) is 0 Å². The molecule has 1 atom stereocenters. The normalized spacial score (nSPS) is 26.2. The molecule has 2 fully saturated rings. The first-order chi connectivity index (χ1) is 12.3. The van der Waals surface area contributed by atoms with Gasteiger partial charge in [-0.05, 0) is 0 Å². The summed E-state index contributed by atoms with van der Waals surface area (Å²) in [6.45, 7) is 7.54. The Labute approximate surface area is 155 Å². The summed E-state index contributed by atoms with van der Waals surface area (Å²) in [4.78, 5) is 36.6. The van der Waals surface area contributed by atoms with Gasteiger partial charge in [-0.2, -0.15) is 0 Å². The van der Waals surface area contributed by atoms with E-state index in [1.54, 1.807) is 0 Å². The Morgan fingerprint density at radius 2 is 2.00 bits per heavy atom. The van der Waals surface area contributed by atoms with Gasteiger partial charge in [-0.25, -0.2) is 0 Å². The van der Waals surface area contributed by atoms with Gasteiger partial charge in [-0.15, -0.1) is 0 Å². The predicted molar refractivity (Wildman–Crippen MR) is 98.5 cm³/mol. The summed E-state index contributed by atoms with van der Waals surface area (Å²) >= 11 is 0. The first kappa shape index (κ1) is 21.5. The molecule has 0 aromatic carbocycles. The van der Waals surface area contributed by atoms with Crippen molar-refractivity contribution in [1.29, 1.82) is 0 Å². The predicted octanol–water partition coefficient (Wildman–Crippen LogP) is 0.195. The Morgan fingerprint density at radius 3 is 2.65 bits per heavy atom. The molecule has 0 unspecified atom stereocenters. The van der Waals surface area contributed by atoms with Crippen LogP contribution in [0.3, 0.4) is 0 Å². The van der Waals surface area contributed by atoms with Crippen LogP contribution < -0.4 is 10.4 Å². The minimum atomic E-state index is -3.62. The number of amides is 1. The molecule has 2 rings (SSSR count). The van der Waals surface area contributed by atoms with Crippen LogP contribution in [-0.4, -0.2) is 74.2 Å². The molecule has 0 aliphatic carbocycles. The fourth-order valence-corrected chi connectivity index (χ4v) is 5.07. The van der Waals surface area contributed by atoms with Crippen LogP contribution >= 0.6 is 8.09 Å². The van der Waals surface area contributed by atoms with E-state index in [9.17, 15) is 14.5 Å². The van der Waals surface area contributed by atoms with E-state index in [0.717, 1.165) is 19.6 Å². The Bertz CT molecular complexity index is 500. The van der Waals surface area contributed by atoms with Crippen LogP contribution in [-0.2, 0) is 23.4 Å². The van der Waals surface area contributed by atoms with Crippen LogP contribution in [0.2, 0.25) is 0 Å². The maximum absolute atomic E-state index is 12.5. The van der Waals surface area contributed by atoms with E-state index in [1.165, 1.54) is 20.0 Å². The molecule has 0 bridgehead atoms. The second-order valence-corrected chi connectivity index (χ2v) is 9.49. The monoisotopic (exact) mass is 393 g/mol. The van der Waals surface area contributed by atoms with Crippen LogP contribution in [0, 0.1) is 5.41 Å². The molecular formula is C16H32N3O6P. The third-order valence-electron chi connectivity index (χ3n) is 4.70. The number of hydrogen-bond donors (Lipinski definition) is 3. The van der Waals surface area contributed by atoms with Crippen LogP contribution in [0.25, 0.3) is 0 Å². The molecule has 3 N–H and O–H groups in total. The van der Waals surface area contributed by atoms with Crippen LogP contribution in [0.1, 0.15) is 33.1 Å². The number of esters is 1. The molecule has 2 aliphatic rings. The zero-order valence-corrected chi connectivity index (χ0v) is 16.9. The van der Waals surface area contributed by atoms with Crippen molar-refractivity contribution in [3.63, 3.8) is 0 Å².